The fourth-order valence-electron chi connectivity index (χ4n) is 2.50. The molecule has 2 unspecified atom stereocenters. The molecule has 1 aromatic rings. The van der Waals surface area contributed by atoms with Gasteiger partial charge in [0.1, 0.15) is 6.61 Å². The zero-order valence-electron chi connectivity index (χ0n) is 14.2. The molecule has 2 atom stereocenters. The summed E-state index contributed by atoms with van der Waals surface area (Å²) in [5.74, 6) is 0.0314. The van der Waals surface area contributed by atoms with Gasteiger partial charge >= 0.3 is 5.97 Å². The molecule has 1 aromatic carbocycles. The third kappa shape index (κ3) is 6.37. The molecular formula is C18H30ClNO2. The van der Waals surface area contributed by atoms with E-state index in [1.807, 2.05) is 30.3 Å². The van der Waals surface area contributed by atoms with Crippen LogP contribution >= 0.6 is 12.4 Å². The van der Waals surface area contributed by atoms with Crippen LogP contribution in [0.1, 0.15) is 45.6 Å². The van der Waals surface area contributed by atoms with Gasteiger partial charge in [0.2, 0.25) is 0 Å². The first-order chi connectivity index (χ1) is 10.1. The molecule has 4 heteroatoms. The summed E-state index contributed by atoms with van der Waals surface area (Å²) in [6, 6.07) is 9.97. The van der Waals surface area contributed by atoms with Gasteiger partial charge in [0.15, 0.2) is 0 Å². The molecule has 3 nitrogen and oxygen atoms in total. The minimum absolute atomic E-state index is 0. The van der Waals surface area contributed by atoms with E-state index in [4.69, 9.17) is 4.74 Å². The largest absolute Gasteiger partial charge is 0.464 e. The Morgan fingerprint density at radius 1 is 1.14 bits per heavy atom. The Labute approximate surface area is 141 Å². The topological polar surface area (TPSA) is 29.5 Å². The Morgan fingerprint density at radius 3 is 2.23 bits per heavy atom. The van der Waals surface area contributed by atoms with Crippen LogP contribution in [0.15, 0.2) is 30.3 Å². The highest BCUT2D eigenvalue weighted by molar-refractivity contribution is 5.85. The minimum atomic E-state index is -0.159. The molecule has 0 saturated carbocycles. The van der Waals surface area contributed by atoms with E-state index in [1.54, 1.807) is 0 Å². The highest BCUT2D eigenvalue weighted by atomic mass is 35.5. The van der Waals surface area contributed by atoms with Crippen molar-refractivity contribution >= 4 is 18.4 Å². The maximum Gasteiger partial charge on any atom is 0.313 e. The van der Waals surface area contributed by atoms with Gasteiger partial charge in [-0.25, -0.2) is 0 Å². The Hall–Kier alpha value is -1.06. The quantitative estimate of drug-likeness (QED) is 0.639. The highest BCUT2D eigenvalue weighted by Crippen LogP contribution is 2.28. The molecule has 0 N–H and O–H groups in total. The Balaban J connectivity index is 0.00000441. The van der Waals surface area contributed by atoms with E-state index in [-0.39, 0.29) is 30.2 Å². The Bertz CT molecular complexity index is 407. The number of hydrogen-bond donors (Lipinski definition) is 0. The van der Waals surface area contributed by atoms with Crippen molar-refractivity contribution in [3.05, 3.63) is 35.9 Å². The van der Waals surface area contributed by atoms with Gasteiger partial charge in [0.05, 0.1) is 5.92 Å². The maximum absolute atomic E-state index is 12.5. The molecule has 0 radical (unpaired) electrons. The van der Waals surface area contributed by atoms with Crippen LogP contribution in [-0.2, 0) is 9.53 Å². The molecule has 0 bridgehead atoms. The molecule has 0 aliphatic heterocycles. The van der Waals surface area contributed by atoms with Crippen molar-refractivity contribution in [3.63, 3.8) is 0 Å². The van der Waals surface area contributed by atoms with Crippen molar-refractivity contribution in [1.29, 1.82) is 0 Å². The van der Waals surface area contributed by atoms with Gasteiger partial charge in [-0.1, -0.05) is 64.4 Å². The van der Waals surface area contributed by atoms with Crippen molar-refractivity contribution in [2.45, 2.75) is 40.0 Å². The first-order valence-electron chi connectivity index (χ1n) is 8.07. The molecule has 0 amide bonds. The SMILES string of the molecule is CCC(C)C(C(=O)OCCN(CC)CC)c1ccccc1.Cl. The summed E-state index contributed by atoms with van der Waals surface area (Å²) in [5, 5.41) is 0. The van der Waals surface area contributed by atoms with Gasteiger partial charge in [-0.05, 0) is 24.6 Å². The highest BCUT2D eigenvalue weighted by Gasteiger charge is 2.27. The number of hydrogen-bond acceptors (Lipinski definition) is 3. The number of nitrogens with zero attached hydrogens (tertiary/aromatic N) is 1. The lowest BCUT2D eigenvalue weighted by atomic mass is 9.86. The summed E-state index contributed by atoms with van der Waals surface area (Å²) in [7, 11) is 0. The van der Waals surface area contributed by atoms with Gasteiger partial charge < -0.3 is 9.64 Å². The van der Waals surface area contributed by atoms with Crippen LogP contribution in [0.3, 0.4) is 0 Å². The number of rotatable bonds is 9. The van der Waals surface area contributed by atoms with Crippen molar-refractivity contribution in [2.24, 2.45) is 5.92 Å². The summed E-state index contributed by atoms with van der Waals surface area (Å²) >= 11 is 0. The lowest BCUT2D eigenvalue weighted by molar-refractivity contribution is -0.147. The van der Waals surface area contributed by atoms with E-state index in [1.165, 1.54) is 0 Å². The lowest BCUT2D eigenvalue weighted by Crippen LogP contribution is -2.30. The number of carbonyl (C=O) groups excluding carboxylic acids is 1. The molecular weight excluding hydrogens is 298 g/mol. The summed E-state index contributed by atoms with van der Waals surface area (Å²) < 4.78 is 5.54. The van der Waals surface area contributed by atoms with E-state index in [2.05, 4.69) is 32.6 Å². The molecule has 0 heterocycles. The van der Waals surface area contributed by atoms with Crippen LogP contribution in [0.5, 0.6) is 0 Å². The summed E-state index contributed by atoms with van der Waals surface area (Å²) in [5.41, 5.74) is 1.06. The fraction of sp³-hybridized carbons (Fsp3) is 0.611. The second-order valence-corrected chi connectivity index (χ2v) is 5.47. The van der Waals surface area contributed by atoms with Crippen LogP contribution in [0.2, 0.25) is 0 Å². The summed E-state index contributed by atoms with van der Waals surface area (Å²) in [6.45, 7) is 11.7. The molecule has 1 rings (SSSR count). The lowest BCUT2D eigenvalue weighted by Gasteiger charge is -2.23. The average molecular weight is 328 g/mol. The number of esters is 1. The van der Waals surface area contributed by atoms with E-state index in [0.29, 0.717) is 6.61 Å². The molecule has 0 fully saturated rings. The zero-order chi connectivity index (χ0) is 15.7. The van der Waals surface area contributed by atoms with Gasteiger partial charge in [-0.2, -0.15) is 0 Å². The molecule has 0 aliphatic carbocycles. The van der Waals surface area contributed by atoms with E-state index < -0.39 is 0 Å². The van der Waals surface area contributed by atoms with Crippen molar-refractivity contribution in [1.82, 2.24) is 4.90 Å². The molecule has 22 heavy (non-hydrogen) atoms. The zero-order valence-corrected chi connectivity index (χ0v) is 15.1. The average Bonchev–Trinajstić information content (AvgIpc) is 2.52. The normalized spacial score (nSPS) is 13.3. The van der Waals surface area contributed by atoms with Gasteiger partial charge in [0.25, 0.3) is 0 Å². The second-order valence-electron chi connectivity index (χ2n) is 5.47. The van der Waals surface area contributed by atoms with E-state index >= 15 is 0 Å². The third-order valence-electron chi connectivity index (χ3n) is 4.17. The predicted octanol–water partition coefficient (Wildman–Crippen LogP) is 4.12. The molecule has 0 spiro atoms. The number of benzene rings is 1. The van der Waals surface area contributed by atoms with Crippen LogP contribution in [-0.4, -0.2) is 37.1 Å². The first kappa shape index (κ1) is 20.9. The van der Waals surface area contributed by atoms with Gasteiger partial charge in [0, 0.05) is 6.54 Å². The number of ether oxygens (including phenoxy) is 1. The van der Waals surface area contributed by atoms with Crippen molar-refractivity contribution in [2.75, 3.05) is 26.2 Å². The first-order valence-corrected chi connectivity index (χ1v) is 8.07. The second kappa shape index (κ2) is 11.5. The third-order valence-corrected chi connectivity index (χ3v) is 4.17. The standard InChI is InChI=1S/C18H29NO2.ClH/c1-5-15(4)17(16-11-9-8-10-12-16)18(20)21-14-13-19(6-2)7-3;/h8-12,15,17H,5-7,13-14H2,1-4H3;1H. The molecule has 126 valence electrons. The van der Waals surface area contributed by atoms with Crippen LogP contribution < -0.4 is 0 Å². The Kier molecular flexibility index (Phi) is 10.9. The number of carbonyl (C=O) groups is 1. The predicted molar refractivity (Wildman–Crippen MR) is 94.6 cm³/mol. The van der Waals surface area contributed by atoms with Crippen LogP contribution in [0.4, 0.5) is 0 Å². The smallest absolute Gasteiger partial charge is 0.313 e. The molecule has 0 aromatic heterocycles. The van der Waals surface area contributed by atoms with Crippen LogP contribution in [0.25, 0.3) is 0 Å². The van der Waals surface area contributed by atoms with E-state index in [9.17, 15) is 4.79 Å². The number of likely N-dealkylation sites (N-methyl/N-ethyl adjacent to an activating group) is 1. The van der Waals surface area contributed by atoms with E-state index in [0.717, 1.165) is 31.6 Å². The summed E-state index contributed by atoms with van der Waals surface area (Å²) in [4.78, 5) is 14.7. The minimum Gasteiger partial charge on any atom is -0.464 e. The molecule has 0 saturated heterocycles. The summed E-state index contributed by atoms with van der Waals surface area (Å²) in [6.07, 6.45) is 0.963. The fourth-order valence-corrected chi connectivity index (χ4v) is 2.50. The maximum atomic E-state index is 12.5. The monoisotopic (exact) mass is 327 g/mol. The van der Waals surface area contributed by atoms with Gasteiger partial charge in [-0.15, -0.1) is 12.4 Å². The Morgan fingerprint density at radius 2 is 1.73 bits per heavy atom. The molecule has 0 aliphatic rings. The van der Waals surface area contributed by atoms with Crippen molar-refractivity contribution < 1.29 is 9.53 Å². The van der Waals surface area contributed by atoms with Crippen LogP contribution in [0, 0.1) is 5.92 Å². The van der Waals surface area contributed by atoms with Gasteiger partial charge in [-0.3, -0.25) is 4.79 Å². The van der Waals surface area contributed by atoms with Crippen molar-refractivity contribution in [3.8, 4) is 0 Å². The number of halogens is 1.